The maximum Gasteiger partial charge on any atom is 0.271 e. The number of halogens is 1. The second-order valence-corrected chi connectivity index (χ2v) is 6.55. The number of ether oxygens (including phenoxy) is 1. The van der Waals surface area contributed by atoms with Gasteiger partial charge in [-0.3, -0.25) is 20.2 Å². The normalized spacial score (nSPS) is 10.4. The molecule has 0 fully saturated rings. The summed E-state index contributed by atoms with van der Waals surface area (Å²) in [7, 11) is 0. The van der Waals surface area contributed by atoms with Crippen LogP contribution in [-0.2, 0) is 13.2 Å². The quantitative estimate of drug-likeness (QED) is 0.394. The zero-order chi connectivity index (χ0) is 20.8. The van der Waals surface area contributed by atoms with E-state index in [4.69, 9.17) is 16.3 Å². The minimum absolute atomic E-state index is 0.0167. The molecule has 0 amide bonds. The van der Waals surface area contributed by atoms with E-state index in [1.807, 2.05) is 6.07 Å². The van der Waals surface area contributed by atoms with Gasteiger partial charge in [0.1, 0.15) is 12.4 Å². The van der Waals surface area contributed by atoms with Gasteiger partial charge in [0.05, 0.1) is 14.9 Å². The maximum atomic E-state index is 10.8. The number of rotatable bonds is 8. The molecule has 0 aliphatic rings. The molecule has 0 bridgehead atoms. The van der Waals surface area contributed by atoms with Gasteiger partial charge in [0, 0.05) is 36.5 Å². The highest BCUT2D eigenvalue weighted by atomic mass is 35.5. The molecule has 0 radical (unpaired) electrons. The van der Waals surface area contributed by atoms with E-state index in [2.05, 4.69) is 5.32 Å². The van der Waals surface area contributed by atoms with Gasteiger partial charge < -0.3 is 10.1 Å². The van der Waals surface area contributed by atoms with Crippen LogP contribution in [0, 0.1) is 20.2 Å². The summed E-state index contributed by atoms with van der Waals surface area (Å²) in [5.41, 5.74) is 2.33. The largest absolute Gasteiger partial charge is 0.487 e. The lowest BCUT2D eigenvalue weighted by Crippen LogP contribution is -2.01. The Kier molecular flexibility index (Phi) is 6.25. The van der Waals surface area contributed by atoms with Gasteiger partial charge in [-0.15, -0.1) is 0 Å². The maximum absolute atomic E-state index is 10.8. The van der Waals surface area contributed by atoms with Crippen LogP contribution >= 0.6 is 11.6 Å². The van der Waals surface area contributed by atoms with Crippen LogP contribution in [0.15, 0.2) is 66.7 Å². The predicted molar refractivity (Wildman–Crippen MR) is 109 cm³/mol. The lowest BCUT2D eigenvalue weighted by Gasteiger charge is -2.11. The topological polar surface area (TPSA) is 108 Å². The summed E-state index contributed by atoms with van der Waals surface area (Å²) in [6.07, 6.45) is 0. The first-order chi connectivity index (χ1) is 13.9. The summed E-state index contributed by atoms with van der Waals surface area (Å²) < 4.78 is 5.69. The van der Waals surface area contributed by atoms with Gasteiger partial charge in [0.2, 0.25) is 0 Å². The van der Waals surface area contributed by atoms with E-state index < -0.39 is 9.85 Å². The van der Waals surface area contributed by atoms with E-state index in [0.29, 0.717) is 23.0 Å². The first kappa shape index (κ1) is 20.1. The number of nitro benzene ring substituents is 2. The highest BCUT2D eigenvalue weighted by Crippen LogP contribution is 2.27. The monoisotopic (exact) mass is 413 g/mol. The number of non-ortho nitro benzene ring substituents is 2. The van der Waals surface area contributed by atoms with Gasteiger partial charge >= 0.3 is 0 Å². The van der Waals surface area contributed by atoms with E-state index in [1.165, 1.54) is 24.3 Å². The van der Waals surface area contributed by atoms with Crippen LogP contribution in [-0.4, -0.2) is 9.85 Å². The van der Waals surface area contributed by atoms with Crippen LogP contribution in [0.5, 0.6) is 5.75 Å². The van der Waals surface area contributed by atoms with Crippen molar-refractivity contribution in [1.82, 2.24) is 0 Å². The van der Waals surface area contributed by atoms with Crippen molar-refractivity contribution in [2.45, 2.75) is 13.2 Å². The third-order valence-corrected chi connectivity index (χ3v) is 4.39. The second kappa shape index (κ2) is 9.03. The van der Waals surface area contributed by atoms with Gasteiger partial charge in [-0.05, 0) is 41.5 Å². The number of hydrogen-bond donors (Lipinski definition) is 1. The summed E-state index contributed by atoms with van der Waals surface area (Å²) in [5, 5.41) is 25.1. The Bertz CT molecular complexity index is 1040. The molecule has 0 aliphatic heterocycles. The predicted octanol–water partition coefficient (Wildman–Crippen LogP) is 5.35. The summed E-state index contributed by atoms with van der Waals surface area (Å²) in [5.74, 6) is 0.490. The number of hydrogen-bond acceptors (Lipinski definition) is 6. The van der Waals surface area contributed by atoms with Crippen molar-refractivity contribution in [3.05, 3.63) is 103 Å². The summed E-state index contributed by atoms with van der Waals surface area (Å²) >= 11 is 6.28. The molecule has 148 valence electrons. The molecule has 0 aromatic heterocycles. The lowest BCUT2D eigenvalue weighted by molar-refractivity contribution is -0.385. The Labute approximate surface area is 171 Å². The van der Waals surface area contributed by atoms with Crippen LogP contribution in [0.25, 0.3) is 0 Å². The standard InChI is InChI=1S/C20H16ClN3O5/c21-19-10-15(12-22-16-2-1-3-18(11-16)24(27)28)6-9-20(19)29-13-14-4-7-17(8-5-14)23(25)26/h1-11,22H,12-13H2. The zero-order valence-electron chi connectivity index (χ0n) is 15.1. The van der Waals surface area contributed by atoms with E-state index >= 15 is 0 Å². The fourth-order valence-electron chi connectivity index (χ4n) is 2.58. The SMILES string of the molecule is O=[N+]([O-])c1ccc(COc2ccc(CNc3cccc([N+](=O)[O-])c3)cc2Cl)cc1. The van der Waals surface area contributed by atoms with Crippen LogP contribution in [0.4, 0.5) is 17.1 Å². The Balaban J connectivity index is 1.59. The van der Waals surface area contributed by atoms with Crippen molar-refractivity contribution in [1.29, 1.82) is 0 Å². The molecule has 0 atom stereocenters. The zero-order valence-corrected chi connectivity index (χ0v) is 15.8. The minimum atomic E-state index is -0.456. The minimum Gasteiger partial charge on any atom is -0.487 e. The van der Waals surface area contributed by atoms with Gasteiger partial charge in [-0.1, -0.05) is 23.7 Å². The van der Waals surface area contributed by atoms with E-state index in [0.717, 1.165) is 11.1 Å². The van der Waals surface area contributed by atoms with Crippen LogP contribution in [0.2, 0.25) is 5.02 Å². The Hall–Kier alpha value is -3.65. The second-order valence-electron chi connectivity index (χ2n) is 6.14. The van der Waals surface area contributed by atoms with Gasteiger partial charge in [-0.2, -0.15) is 0 Å². The van der Waals surface area contributed by atoms with Gasteiger partial charge in [0.25, 0.3) is 11.4 Å². The molecule has 3 rings (SSSR count). The van der Waals surface area contributed by atoms with Crippen LogP contribution < -0.4 is 10.1 Å². The van der Waals surface area contributed by atoms with Crippen molar-refractivity contribution < 1.29 is 14.6 Å². The Morgan fingerprint density at radius 1 is 0.862 bits per heavy atom. The molecule has 29 heavy (non-hydrogen) atoms. The van der Waals surface area contributed by atoms with Crippen LogP contribution in [0.3, 0.4) is 0 Å². The number of nitrogens with one attached hydrogen (secondary N) is 1. The van der Waals surface area contributed by atoms with Crippen molar-refractivity contribution in [2.75, 3.05) is 5.32 Å². The fourth-order valence-corrected chi connectivity index (χ4v) is 2.84. The van der Waals surface area contributed by atoms with E-state index in [-0.39, 0.29) is 18.0 Å². The molecule has 8 nitrogen and oxygen atoms in total. The number of benzene rings is 3. The molecule has 9 heteroatoms. The lowest BCUT2D eigenvalue weighted by atomic mass is 10.2. The van der Waals surface area contributed by atoms with Crippen molar-refractivity contribution >= 4 is 28.7 Å². The number of nitro groups is 2. The third kappa shape index (κ3) is 5.43. The van der Waals surface area contributed by atoms with Crippen molar-refractivity contribution in [3.8, 4) is 5.75 Å². The van der Waals surface area contributed by atoms with Crippen molar-refractivity contribution in [3.63, 3.8) is 0 Å². The highest BCUT2D eigenvalue weighted by molar-refractivity contribution is 6.32. The average Bonchev–Trinajstić information content (AvgIpc) is 2.72. The van der Waals surface area contributed by atoms with Gasteiger partial charge in [0.15, 0.2) is 0 Å². The number of anilines is 1. The molecule has 0 saturated heterocycles. The molecule has 1 N–H and O–H groups in total. The summed E-state index contributed by atoms with van der Waals surface area (Å²) in [6, 6.07) is 17.7. The molecule has 3 aromatic carbocycles. The van der Waals surface area contributed by atoms with E-state index in [9.17, 15) is 20.2 Å². The number of nitrogens with zero attached hydrogens (tertiary/aromatic N) is 2. The van der Waals surface area contributed by atoms with E-state index in [1.54, 1.807) is 36.4 Å². The van der Waals surface area contributed by atoms with Crippen molar-refractivity contribution in [2.24, 2.45) is 0 Å². The summed E-state index contributed by atoms with van der Waals surface area (Å²) in [6.45, 7) is 0.659. The average molecular weight is 414 g/mol. The first-order valence-electron chi connectivity index (χ1n) is 8.55. The van der Waals surface area contributed by atoms with Gasteiger partial charge in [-0.25, -0.2) is 0 Å². The molecule has 0 spiro atoms. The molecule has 0 heterocycles. The molecule has 0 aliphatic carbocycles. The Morgan fingerprint density at radius 2 is 1.55 bits per heavy atom. The smallest absolute Gasteiger partial charge is 0.271 e. The first-order valence-corrected chi connectivity index (χ1v) is 8.93. The molecule has 3 aromatic rings. The highest BCUT2D eigenvalue weighted by Gasteiger charge is 2.08. The fraction of sp³-hybridized carbons (Fsp3) is 0.100. The molecule has 0 unspecified atom stereocenters. The third-order valence-electron chi connectivity index (χ3n) is 4.09. The molecule has 0 saturated carbocycles. The summed E-state index contributed by atoms with van der Waals surface area (Å²) in [4.78, 5) is 20.6. The molecular weight excluding hydrogens is 398 g/mol. The Morgan fingerprint density at radius 3 is 2.21 bits per heavy atom. The van der Waals surface area contributed by atoms with Crippen LogP contribution in [0.1, 0.15) is 11.1 Å². The molecular formula is C20H16ClN3O5.